The molecular formula is C20H26N2O. The summed E-state index contributed by atoms with van der Waals surface area (Å²) in [7, 11) is 6.01. The van der Waals surface area contributed by atoms with E-state index in [0.29, 0.717) is 0 Å². The van der Waals surface area contributed by atoms with Crippen LogP contribution in [0.4, 0.5) is 0 Å². The molecule has 0 fully saturated rings. The molecule has 0 heterocycles. The third kappa shape index (κ3) is 4.93. The normalized spacial score (nSPS) is 11.0. The van der Waals surface area contributed by atoms with Crippen molar-refractivity contribution in [3.63, 3.8) is 0 Å². The highest BCUT2D eigenvalue weighted by molar-refractivity contribution is 5.87. The van der Waals surface area contributed by atoms with Crippen LogP contribution < -0.4 is 0 Å². The number of likely N-dealkylation sites (N-methyl/N-ethyl adjacent to an activating group) is 1. The fraction of sp³-hybridized carbons (Fsp3) is 0.350. The Kier molecular flexibility index (Phi) is 6.36. The highest BCUT2D eigenvalue weighted by atomic mass is 16.2. The maximum absolute atomic E-state index is 13.0. The molecule has 0 spiro atoms. The van der Waals surface area contributed by atoms with E-state index >= 15 is 0 Å². The van der Waals surface area contributed by atoms with Gasteiger partial charge in [-0.05, 0) is 38.2 Å². The van der Waals surface area contributed by atoms with Gasteiger partial charge in [-0.25, -0.2) is 0 Å². The average Bonchev–Trinajstić information content (AvgIpc) is 2.56. The predicted molar refractivity (Wildman–Crippen MR) is 95.5 cm³/mol. The molecule has 0 aliphatic rings. The van der Waals surface area contributed by atoms with Gasteiger partial charge in [0.05, 0.1) is 5.92 Å². The second-order valence-corrected chi connectivity index (χ2v) is 6.17. The Morgan fingerprint density at radius 1 is 0.826 bits per heavy atom. The topological polar surface area (TPSA) is 23.6 Å². The summed E-state index contributed by atoms with van der Waals surface area (Å²) >= 11 is 0. The summed E-state index contributed by atoms with van der Waals surface area (Å²) in [4.78, 5) is 17.0. The van der Waals surface area contributed by atoms with E-state index in [4.69, 9.17) is 0 Å². The lowest BCUT2D eigenvalue weighted by Crippen LogP contribution is -2.34. The Labute approximate surface area is 139 Å². The largest absolute Gasteiger partial charge is 0.345 e. The zero-order valence-electron chi connectivity index (χ0n) is 14.3. The lowest BCUT2D eigenvalue weighted by Gasteiger charge is -2.25. The van der Waals surface area contributed by atoms with E-state index in [1.54, 1.807) is 0 Å². The van der Waals surface area contributed by atoms with Crippen LogP contribution in [0.1, 0.15) is 23.5 Å². The minimum atomic E-state index is -0.234. The first-order valence-electron chi connectivity index (χ1n) is 8.09. The predicted octanol–water partition coefficient (Wildman–Crippen LogP) is 3.23. The Balaban J connectivity index is 2.19. The summed E-state index contributed by atoms with van der Waals surface area (Å²) in [6.07, 6.45) is 0.978. The van der Waals surface area contributed by atoms with Crippen molar-refractivity contribution in [1.29, 1.82) is 0 Å². The van der Waals surface area contributed by atoms with Crippen LogP contribution in [0.15, 0.2) is 60.7 Å². The van der Waals surface area contributed by atoms with Gasteiger partial charge in [0.2, 0.25) is 5.91 Å². The summed E-state index contributed by atoms with van der Waals surface area (Å²) in [6.45, 7) is 1.76. The second kappa shape index (κ2) is 8.49. The van der Waals surface area contributed by atoms with Gasteiger partial charge in [-0.15, -0.1) is 0 Å². The molecule has 0 bridgehead atoms. The van der Waals surface area contributed by atoms with E-state index in [1.807, 2.05) is 72.6 Å². The van der Waals surface area contributed by atoms with Crippen molar-refractivity contribution in [2.45, 2.75) is 12.3 Å². The smallest absolute Gasteiger partial charge is 0.234 e. The van der Waals surface area contributed by atoms with Crippen molar-refractivity contribution in [2.75, 3.05) is 34.2 Å². The zero-order chi connectivity index (χ0) is 16.7. The summed E-state index contributed by atoms with van der Waals surface area (Å²) in [6, 6.07) is 20.1. The van der Waals surface area contributed by atoms with Gasteiger partial charge < -0.3 is 9.80 Å². The van der Waals surface area contributed by atoms with Gasteiger partial charge in [-0.3, -0.25) is 4.79 Å². The molecule has 2 aromatic rings. The molecule has 0 saturated carbocycles. The summed E-state index contributed by atoms with van der Waals surface area (Å²) < 4.78 is 0. The van der Waals surface area contributed by atoms with Crippen LogP contribution in [0.2, 0.25) is 0 Å². The SMILES string of the molecule is CN(C)CCCN(C)C(=O)C(c1ccccc1)c1ccccc1. The average molecular weight is 310 g/mol. The molecule has 0 aliphatic heterocycles. The quantitative estimate of drug-likeness (QED) is 0.784. The second-order valence-electron chi connectivity index (χ2n) is 6.17. The molecule has 1 amide bonds. The fourth-order valence-corrected chi connectivity index (χ4v) is 2.72. The molecule has 0 atom stereocenters. The molecule has 2 aromatic carbocycles. The molecule has 122 valence electrons. The van der Waals surface area contributed by atoms with Crippen LogP contribution in [0.25, 0.3) is 0 Å². The highest BCUT2D eigenvalue weighted by Gasteiger charge is 2.25. The first kappa shape index (κ1) is 17.2. The third-order valence-electron chi connectivity index (χ3n) is 3.99. The Morgan fingerprint density at radius 3 is 1.74 bits per heavy atom. The fourth-order valence-electron chi connectivity index (χ4n) is 2.72. The van der Waals surface area contributed by atoms with Crippen LogP contribution >= 0.6 is 0 Å². The van der Waals surface area contributed by atoms with Gasteiger partial charge in [0.25, 0.3) is 0 Å². The van der Waals surface area contributed by atoms with Gasteiger partial charge in [0.15, 0.2) is 0 Å². The van der Waals surface area contributed by atoms with Crippen molar-refractivity contribution < 1.29 is 4.79 Å². The van der Waals surface area contributed by atoms with E-state index in [9.17, 15) is 4.79 Å². The summed E-state index contributed by atoms with van der Waals surface area (Å²) in [5.41, 5.74) is 2.09. The maximum atomic E-state index is 13.0. The van der Waals surface area contributed by atoms with Crippen LogP contribution in [0.3, 0.4) is 0 Å². The molecule has 0 unspecified atom stereocenters. The number of carbonyl (C=O) groups is 1. The molecule has 0 aliphatic carbocycles. The van der Waals surface area contributed by atoms with Gasteiger partial charge in [0, 0.05) is 13.6 Å². The number of nitrogens with zero attached hydrogens (tertiary/aromatic N) is 2. The van der Waals surface area contributed by atoms with E-state index in [2.05, 4.69) is 19.0 Å². The Hall–Kier alpha value is -2.13. The first-order valence-corrected chi connectivity index (χ1v) is 8.09. The lowest BCUT2D eigenvalue weighted by atomic mass is 9.90. The van der Waals surface area contributed by atoms with E-state index in [-0.39, 0.29) is 11.8 Å². The monoisotopic (exact) mass is 310 g/mol. The molecule has 23 heavy (non-hydrogen) atoms. The van der Waals surface area contributed by atoms with Crippen molar-refractivity contribution in [3.05, 3.63) is 71.8 Å². The number of carbonyl (C=O) groups excluding carboxylic acids is 1. The third-order valence-corrected chi connectivity index (χ3v) is 3.99. The number of amides is 1. The van der Waals surface area contributed by atoms with Crippen molar-refractivity contribution in [2.24, 2.45) is 0 Å². The Bertz CT molecular complexity index is 556. The molecule has 3 nitrogen and oxygen atoms in total. The van der Waals surface area contributed by atoms with Crippen LogP contribution in [-0.4, -0.2) is 49.9 Å². The number of hydrogen-bond acceptors (Lipinski definition) is 2. The lowest BCUT2D eigenvalue weighted by molar-refractivity contribution is -0.130. The van der Waals surface area contributed by atoms with Crippen molar-refractivity contribution >= 4 is 5.91 Å². The highest BCUT2D eigenvalue weighted by Crippen LogP contribution is 2.26. The van der Waals surface area contributed by atoms with Gasteiger partial charge in [0.1, 0.15) is 0 Å². The molecular weight excluding hydrogens is 284 g/mol. The van der Waals surface area contributed by atoms with Crippen molar-refractivity contribution in [1.82, 2.24) is 9.80 Å². The number of benzene rings is 2. The molecule has 0 radical (unpaired) electrons. The van der Waals surface area contributed by atoms with Gasteiger partial charge in [-0.1, -0.05) is 60.7 Å². The van der Waals surface area contributed by atoms with E-state index in [0.717, 1.165) is 30.6 Å². The minimum absolute atomic E-state index is 0.154. The molecule has 0 N–H and O–H groups in total. The van der Waals surface area contributed by atoms with Gasteiger partial charge in [-0.2, -0.15) is 0 Å². The van der Waals surface area contributed by atoms with E-state index in [1.165, 1.54) is 0 Å². The maximum Gasteiger partial charge on any atom is 0.234 e. The summed E-state index contributed by atoms with van der Waals surface area (Å²) in [5.74, 6) is -0.0806. The van der Waals surface area contributed by atoms with Crippen LogP contribution in [0, 0.1) is 0 Å². The van der Waals surface area contributed by atoms with E-state index < -0.39 is 0 Å². The molecule has 2 rings (SSSR count). The Morgan fingerprint density at radius 2 is 1.30 bits per heavy atom. The number of rotatable bonds is 7. The minimum Gasteiger partial charge on any atom is -0.345 e. The zero-order valence-corrected chi connectivity index (χ0v) is 14.3. The molecule has 0 aromatic heterocycles. The van der Waals surface area contributed by atoms with Gasteiger partial charge >= 0.3 is 0 Å². The number of hydrogen-bond donors (Lipinski definition) is 0. The van der Waals surface area contributed by atoms with Crippen LogP contribution in [0.5, 0.6) is 0 Å². The standard InChI is InChI=1S/C20H26N2O/c1-21(2)15-10-16-22(3)20(23)19(17-11-6-4-7-12-17)18-13-8-5-9-14-18/h4-9,11-14,19H,10,15-16H2,1-3H3. The summed E-state index contributed by atoms with van der Waals surface area (Å²) in [5, 5.41) is 0. The van der Waals surface area contributed by atoms with Crippen molar-refractivity contribution in [3.8, 4) is 0 Å². The molecule has 0 saturated heterocycles. The first-order chi connectivity index (χ1) is 11.1. The molecule has 3 heteroatoms. The van der Waals surface area contributed by atoms with Crippen LogP contribution in [-0.2, 0) is 4.79 Å².